The molecule has 3 N–H and O–H groups in total. The van der Waals surface area contributed by atoms with Crippen LogP contribution in [0.15, 0.2) is 42.5 Å². The van der Waals surface area contributed by atoms with Crippen LogP contribution in [0.2, 0.25) is 0 Å². The summed E-state index contributed by atoms with van der Waals surface area (Å²) in [5, 5.41) is 21.9. The highest BCUT2D eigenvalue weighted by molar-refractivity contribution is 5.94. The van der Waals surface area contributed by atoms with Gasteiger partial charge in [0.15, 0.2) is 11.5 Å². The molecule has 0 aliphatic rings. The van der Waals surface area contributed by atoms with E-state index >= 15 is 0 Å². The fraction of sp³-hybridized carbons (Fsp3) is 0.188. The molecule has 0 heterocycles. The summed E-state index contributed by atoms with van der Waals surface area (Å²) in [6.45, 7) is 0.509. The summed E-state index contributed by atoms with van der Waals surface area (Å²) in [6, 6.07) is 11.9. The molecular weight excluding hydrogens is 268 g/mol. The molecule has 21 heavy (non-hydrogen) atoms. The number of nitrogens with one attached hydrogen (secondary N) is 1. The molecular formula is C16H18N2O3. The van der Waals surface area contributed by atoms with Crippen LogP contribution in [0.25, 0.3) is 0 Å². The number of rotatable bonds is 4. The molecule has 0 aliphatic heterocycles. The van der Waals surface area contributed by atoms with Crippen molar-refractivity contribution in [3.63, 3.8) is 0 Å². The lowest BCUT2D eigenvalue weighted by Crippen LogP contribution is -2.21. The number of carbonyl (C=O) groups is 1. The second kappa shape index (κ2) is 6.17. The average molecular weight is 286 g/mol. The number of carbonyl (C=O) groups excluding carboxylic acids is 1. The van der Waals surface area contributed by atoms with E-state index in [1.54, 1.807) is 32.3 Å². The van der Waals surface area contributed by atoms with Crippen LogP contribution in [-0.4, -0.2) is 35.1 Å². The minimum atomic E-state index is -0.138. The van der Waals surface area contributed by atoms with Gasteiger partial charge >= 0.3 is 0 Å². The fourth-order valence-corrected chi connectivity index (χ4v) is 1.87. The number of nitrogens with zero attached hydrogens (tertiary/aromatic N) is 1. The smallest absolute Gasteiger partial charge is 0.253 e. The minimum Gasteiger partial charge on any atom is -0.504 e. The molecule has 0 spiro atoms. The van der Waals surface area contributed by atoms with E-state index in [0.29, 0.717) is 12.1 Å². The average Bonchev–Trinajstić information content (AvgIpc) is 2.48. The van der Waals surface area contributed by atoms with Crippen molar-refractivity contribution in [2.75, 3.05) is 19.4 Å². The third-order valence-corrected chi connectivity index (χ3v) is 3.07. The predicted molar refractivity (Wildman–Crippen MR) is 81.6 cm³/mol. The number of anilines is 1. The van der Waals surface area contributed by atoms with E-state index in [1.807, 2.05) is 12.1 Å². The van der Waals surface area contributed by atoms with Crippen LogP contribution in [0.5, 0.6) is 11.5 Å². The number of phenolic OH excluding ortho intramolecular Hbond substituents is 2. The molecule has 1 amide bonds. The van der Waals surface area contributed by atoms with Gasteiger partial charge in [-0.05, 0) is 42.0 Å². The number of amides is 1. The summed E-state index contributed by atoms with van der Waals surface area (Å²) in [6.07, 6.45) is 0. The van der Waals surface area contributed by atoms with Crippen molar-refractivity contribution in [3.8, 4) is 11.5 Å². The van der Waals surface area contributed by atoms with Gasteiger partial charge in [0.25, 0.3) is 5.91 Å². The van der Waals surface area contributed by atoms with E-state index in [0.717, 1.165) is 11.3 Å². The van der Waals surface area contributed by atoms with Gasteiger partial charge in [-0.15, -0.1) is 0 Å². The summed E-state index contributed by atoms with van der Waals surface area (Å²) in [7, 11) is 3.43. The normalized spacial score (nSPS) is 10.2. The monoisotopic (exact) mass is 286 g/mol. The SMILES string of the molecule is CN(C)C(=O)c1ccc(NCc2ccc(O)c(O)c2)cc1. The predicted octanol–water partition coefficient (Wildman–Crippen LogP) is 2.41. The van der Waals surface area contributed by atoms with Crippen molar-refractivity contribution in [1.29, 1.82) is 0 Å². The second-order valence-corrected chi connectivity index (χ2v) is 4.95. The van der Waals surface area contributed by atoms with Crippen LogP contribution in [0.1, 0.15) is 15.9 Å². The lowest BCUT2D eigenvalue weighted by molar-refractivity contribution is 0.0827. The van der Waals surface area contributed by atoms with Gasteiger partial charge in [0.2, 0.25) is 0 Å². The van der Waals surface area contributed by atoms with E-state index in [2.05, 4.69) is 5.32 Å². The largest absolute Gasteiger partial charge is 0.504 e. The van der Waals surface area contributed by atoms with Gasteiger partial charge in [0.1, 0.15) is 0 Å². The molecule has 2 aromatic carbocycles. The van der Waals surface area contributed by atoms with Gasteiger partial charge < -0.3 is 20.4 Å². The van der Waals surface area contributed by atoms with E-state index in [1.165, 1.54) is 17.0 Å². The highest BCUT2D eigenvalue weighted by Gasteiger charge is 2.07. The lowest BCUT2D eigenvalue weighted by Gasteiger charge is -2.11. The van der Waals surface area contributed by atoms with Gasteiger partial charge in [-0.25, -0.2) is 0 Å². The first-order chi connectivity index (χ1) is 9.97. The molecule has 5 heteroatoms. The van der Waals surface area contributed by atoms with Crippen molar-refractivity contribution in [2.24, 2.45) is 0 Å². The van der Waals surface area contributed by atoms with Crippen molar-refractivity contribution < 1.29 is 15.0 Å². The maximum absolute atomic E-state index is 11.8. The Morgan fingerprint density at radius 2 is 1.71 bits per heavy atom. The molecule has 0 fully saturated rings. The number of phenols is 2. The second-order valence-electron chi connectivity index (χ2n) is 4.95. The lowest BCUT2D eigenvalue weighted by atomic mass is 10.1. The van der Waals surface area contributed by atoms with E-state index in [4.69, 9.17) is 0 Å². The van der Waals surface area contributed by atoms with Gasteiger partial charge in [-0.3, -0.25) is 4.79 Å². The first-order valence-electron chi connectivity index (χ1n) is 6.54. The zero-order valence-electron chi connectivity index (χ0n) is 12.0. The molecule has 0 bridgehead atoms. The number of hydrogen-bond acceptors (Lipinski definition) is 4. The van der Waals surface area contributed by atoms with Crippen molar-refractivity contribution in [2.45, 2.75) is 6.54 Å². The molecule has 0 aliphatic carbocycles. The van der Waals surface area contributed by atoms with Gasteiger partial charge in [-0.2, -0.15) is 0 Å². The molecule has 5 nitrogen and oxygen atoms in total. The summed E-state index contributed by atoms with van der Waals surface area (Å²) < 4.78 is 0. The van der Waals surface area contributed by atoms with Crippen molar-refractivity contribution in [3.05, 3.63) is 53.6 Å². The number of benzene rings is 2. The van der Waals surface area contributed by atoms with Crippen LogP contribution in [0.4, 0.5) is 5.69 Å². The third-order valence-electron chi connectivity index (χ3n) is 3.07. The van der Waals surface area contributed by atoms with Crippen molar-refractivity contribution >= 4 is 11.6 Å². The summed E-state index contributed by atoms with van der Waals surface area (Å²) in [5.41, 5.74) is 2.35. The summed E-state index contributed by atoms with van der Waals surface area (Å²) >= 11 is 0. The quantitative estimate of drug-likeness (QED) is 0.755. The highest BCUT2D eigenvalue weighted by atomic mass is 16.3. The van der Waals surface area contributed by atoms with Gasteiger partial charge in [0.05, 0.1) is 0 Å². The number of hydrogen-bond donors (Lipinski definition) is 3. The highest BCUT2D eigenvalue weighted by Crippen LogP contribution is 2.25. The topological polar surface area (TPSA) is 72.8 Å². The van der Waals surface area contributed by atoms with E-state index in [9.17, 15) is 15.0 Å². The van der Waals surface area contributed by atoms with Gasteiger partial charge in [0, 0.05) is 31.9 Å². The number of aromatic hydroxyl groups is 2. The van der Waals surface area contributed by atoms with Crippen LogP contribution in [0, 0.1) is 0 Å². The third kappa shape index (κ3) is 3.66. The molecule has 2 rings (SSSR count). The van der Waals surface area contributed by atoms with Crippen LogP contribution < -0.4 is 5.32 Å². The van der Waals surface area contributed by atoms with Crippen LogP contribution in [-0.2, 0) is 6.54 Å². The Hall–Kier alpha value is -2.69. The standard InChI is InChI=1S/C16H18N2O3/c1-18(2)16(21)12-4-6-13(7-5-12)17-10-11-3-8-14(19)15(20)9-11/h3-9,17,19-20H,10H2,1-2H3. The molecule has 0 saturated carbocycles. The van der Waals surface area contributed by atoms with Crippen LogP contribution >= 0.6 is 0 Å². The molecule has 0 atom stereocenters. The van der Waals surface area contributed by atoms with Crippen molar-refractivity contribution in [1.82, 2.24) is 4.90 Å². The Morgan fingerprint density at radius 3 is 2.29 bits per heavy atom. The van der Waals surface area contributed by atoms with Crippen LogP contribution in [0.3, 0.4) is 0 Å². The molecule has 2 aromatic rings. The molecule has 0 saturated heterocycles. The fourth-order valence-electron chi connectivity index (χ4n) is 1.87. The first kappa shape index (κ1) is 14.7. The van der Waals surface area contributed by atoms with E-state index in [-0.39, 0.29) is 17.4 Å². The summed E-state index contributed by atoms with van der Waals surface area (Å²) in [4.78, 5) is 13.3. The Bertz CT molecular complexity index is 636. The Balaban J connectivity index is 2.00. The Kier molecular flexibility index (Phi) is 4.33. The molecule has 0 aromatic heterocycles. The first-order valence-corrected chi connectivity index (χ1v) is 6.54. The molecule has 0 unspecified atom stereocenters. The molecule has 110 valence electrons. The minimum absolute atomic E-state index is 0.0370. The summed E-state index contributed by atoms with van der Waals surface area (Å²) in [5.74, 6) is -0.309. The Morgan fingerprint density at radius 1 is 1.05 bits per heavy atom. The zero-order chi connectivity index (χ0) is 15.4. The van der Waals surface area contributed by atoms with Gasteiger partial charge in [-0.1, -0.05) is 6.07 Å². The molecule has 0 radical (unpaired) electrons. The Labute approximate surface area is 123 Å². The maximum Gasteiger partial charge on any atom is 0.253 e. The van der Waals surface area contributed by atoms with E-state index < -0.39 is 0 Å². The zero-order valence-corrected chi connectivity index (χ0v) is 12.0. The maximum atomic E-state index is 11.8.